The lowest BCUT2D eigenvalue weighted by molar-refractivity contribution is 0.0530. The Hall–Kier alpha value is -2.80. The van der Waals surface area contributed by atoms with Crippen LogP contribution in [0.4, 0.5) is 5.69 Å². The number of halogens is 1. The number of carbonyl (C=O) groups is 2. The maximum Gasteiger partial charge on any atom is 0.272 e. The van der Waals surface area contributed by atoms with E-state index in [9.17, 15) is 9.59 Å². The van der Waals surface area contributed by atoms with Crippen LogP contribution in [0.1, 0.15) is 20.8 Å². The van der Waals surface area contributed by atoms with Crippen molar-refractivity contribution in [2.75, 3.05) is 39.0 Å². The van der Waals surface area contributed by atoms with Gasteiger partial charge in [0.05, 0.1) is 17.7 Å². The molecule has 26 heavy (non-hydrogen) atoms. The number of anilines is 1. The van der Waals surface area contributed by atoms with Crippen LogP contribution in [-0.4, -0.2) is 59.9 Å². The largest absolute Gasteiger partial charge is 0.496 e. The molecule has 2 amide bonds. The van der Waals surface area contributed by atoms with Gasteiger partial charge in [-0.15, -0.1) is 0 Å². The number of nitrogens with two attached hydrogens (primary N) is 1. The molecule has 0 saturated carbocycles. The SMILES string of the molecule is COc1cc(N)ccc1C(=O)N1CCN(C(=O)c2ccc(Cl)cn2)CC1. The number of piperazine rings is 1. The number of aromatic nitrogens is 1. The van der Waals surface area contributed by atoms with Crippen LogP contribution >= 0.6 is 11.6 Å². The second kappa shape index (κ2) is 7.61. The summed E-state index contributed by atoms with van der Waals surface area (Å²) in [6, 6.07) is 8.18. The van der Waals surface area contributed by atoms with Crippen molar-refractivity contribution in [2.24, 2.45) is 0 Å². The maximum atomic E-state index is 12.7. The summed E-state index contributed by atoms with van der Waals surface area (Å²) in [5.74, 6) is 0.135. The van der Waals surface area contributed by atoms with Gasteiger partial charge >= 0.3 is 0 Å². The average molecular weight is 375 g/mol. The van der Waals surface area contributed by atoms with E-state index < -0.39 is 0 Å². The minimum Gasteiger partial charge on any atom is -0.496 e. The zero-order chi connectivity index (χ0) is 18.7. The molecule has 1 saturated heterocycles. The molecule has 136 valence electrons. The normalized spacial score (nSPS) is 14.2. The van der Waals surface area contributed by atoms with Gasteiger partial charge in [0.2, 0.25) is 0 Å². The molecular weight excluding hydrogens is 356 g/mol. The van der Waals surface area contributed by atoms with Gasteiger partial charge in [0.1, 0.15) is 11.4 Å². The van der Waals surface area contributed by atoms with Gasteiger partial charge in [-0.3, -0.25) is 9.59 Å². The van der Waals surface area contributed by atoms with Gasteiger partial charge in [-0.05, 0) is 24.3 Å². The smallest absolute Gasteiger partial charge is 0.272 e. The Morgan fingerprint density at radius 3 is 2.31 bits per heavy atom. The Morgan fingerprint density at radius 1 is 1.08 bits per heavy atom. The molecule has 1 aliphatic heterocycles. The Balaban J connectivity index is 1.65. The van der Waals surface area contributed by atoms with Gasteiger partial charge in [0.15, 0.2) is 0 Å². The topological polar surface area (TPSA) is 88.8 Å². The molecule has 1 fully saturated rings. The van der Waals surface area contributed by atoms with E-state index in [2.05, 4.69) is 4.98 Å². The molecule has 3 rings (SSSR count). The van der Waals surface area contributed by atoms with Crippen molar-refractivity contribution >= 4 is 29.1 Å². The van der Waals surface area contributed by atoms with E-state index in [0.29, 0.717) is 53.9 Å². The van der Waals surface area contributed by atoms with Crippen LogP contribution in [0.5, 0.6) is 5.75 Å². The van der Waals surface area contributed by atoms with E-state index >= 15 is 0 Å². The molecule has 1 aromatic carbocycles. The summed E-state index contributed by atoms with van der Waals surface area (Å²) in [6.45, 7) is 1.75. The van der Waals surface area contributed by atoms with E-state index in [1.807, 2.05) is 0 Å². The zero-order valence-electron chi connectivity index (χ0n) is 14.3. The first-order chi connectivity index (χ1) is 12.5. The molecule has 0 aliphatic carbocycles. The minimum atomic E-state index is -0.168. The number of carbonyl (C=O) groups excluding carboxylic acids is 2. The van der Waals surface area contributed by atoms with Crippen molar-refractivity contribution in [3.8, 4) is 5.75 Å². The van der Waals surface area contributed by atoms with E-state index in [4.69, 9.17) is 22.1 Å². The van der Waals surface area contributed by atoms with Crippen molar-refractivity contribution in [1.82, 2.24) is 14.8 Å². The highest BCUT2D eigenvalue weighted by atomic mass is 35.5. The molecule has 0 unspecified atom stereocenters. The van der Waals surface area contributed by atoms with Gasteiger partial charge in [0.25, 0.3) is 11.8 Å². The van der Waals surface area contributed by atoms with Crippen LogP contribution in [0.25, 0.3) is 0 Å². The summed E-state index contributed by atoms with van der Waals surface area (Å²) in [5, 5.41) is 0.481. The summed E-state index contributed by atoms with van der Waals surface area (Å²) < 4.78 is 5.25. The van der Waals surface area contributed by atoms with Crippen LogP contribution in [0, 0.1) is 0 Å². The van der Waals surface area contributed by atoms with Crippen LogP contribution in [-0.2, 0) is 0 Å². The van der Waals surface area contributed by atoms with Gasteiger partial charge < -0.3 is 20.3 Å². The fourth-order valence-corrected chi connectivity index (χ4v) is 2.94. The number of benzene rings is 1. The van der Waals surface area contributed by atoms with E-state index in [-0.39, 0.29) is 11.8 Å². The first kappa shape index (κ1) is 18.0. The molecule has 2 aromatic rings. The van der Waals surface area contributed by atoms with Gasteiger partial charge in [-0.2, -0.15) is 0 Å². The molecule has 1 aliphatic rings. The number of hydrogen-bond acceptors (Lipinski definition) is 5. The second-order valence-electron chi connectivity index (χ2n) is 5.91. The summed E-state index contributed by atoms with van der Waals surface area (Å²) in [6.07, 6.45) is 1.45. The van der Waals surface area contributed by atoms with E-state index in [1.165, 1.54) is 13.3 Å². The van der Waals surface area contributed by atoms with Crippen molar-refractivity contribution in [3.63, 3.8) is 0 Å². The monoisotopic (exact) mass is 374 g/mol. The predicted octanol–water partition coefficient (Wildman–Crippen LogP) is 1.92. The zero-order valence-corrected chi connectivity index (χ0v) is 15.1. The Morgan fingerprint density at radius 2 is 1.73 bits per heavy atom. The first-order valence-electron chi connectivity index (χ1n) is 8.13. The summed E-state index contributed by atoms with van der Waals surface area (Å²) >= 11 is 5.80. The lowest BCUT2D eigenvalue weighted by atomic mass is 10.1. The number of rotatable bonds is 3. The number of hydrogen-bond donors (Lipinski definition) is 1. The molecule has 1 aromatic heterocycles. The first-order valence-corrected chi connectivity index (χ1v) is 8.51. The van der Waals surface area contributed by atoms with Crippen molar-refractivity contribution in [2.45, 2.75) is 0 Å². The maximum absolute atomic E-state index is 12.7. The molecule has 8 heteroatoms. The van der Waals surface area contributed by atoms with Gasteiger partial charge in [-0.25, -0.2) is 4.98 Å². The fourth-order valence-electron chi connectivity index (χ4n) is 2.83. The van der Waals surface area contributed by atoms with Crippen molar-refractivity contribution < 1.29 is 14.3 Å². The van der Waals surface area contributed by atoms with Crippen LogP contribution < -0.4 is 10.5 Å². The number of nitrogens with zero attached hydrogens (tertiary/aromatic N) is 3. The average Bonchev–Trinajstić information content (AvgIpc) is 2.67. The lowest BCUT2D eigenvalue weighted by Crippen LogP contribution is -2.50. The quantitative estimate of drug-likeness (QED) is 0.829. The Bertz CT molecular complexity index is 818. The predicted molar refractivity (Wildman–Crippen MR) is 98.5 cm³/mol. The molecule has 2 N–H and O–H groups in total. The third-order valence-corrected chi connectivity index (χ3v) is 4.48. The van der Waals surface area contributed by atoms with Crippen molar-refractivity contribution in [1.29, 1.82) is 0 Å². The highest BCUT2D eigenvalue weighted by Gasteiger charge is 2.27. The van der Waals surface area contributed by atoms with Crippen LogP contribution in [0.15, 0.2) is 36.5 Å². The number of nitrogen functional groups attached to an aromatic ring is 1. The van der Waals surface area contributed by atoms with E-state index in [0.717, 1.165) is 0 Å². The molecule has 2 heterocycles. The third kappa shape index (κ3) is 3.72. The molecule has 0 spiro atoms. The standard InChI is InChI=1S/C18H19ClN4O3/c1-26-16-10-13(20)3-4-14(16)17(24)22-6-8-23(9-7-22)18(25)15-5-2-12(19)11-21-15/h2-5,10-11H,6-9,20H2,1H3. The number of amides is 2. The summed E-state index contributed by atoms with van der Waals surface area (Å²) in [4.78, 5) is 32.7. The van der Waals surface area contributed by atoms with Crippen molar-refractivity contribution in [3.05, 3.63) is 52.8 Å². The van der Waals surface area contributed by atoms with E-state index in [1.54, 1.807) is 40.1 Å². The number of pyridine rings is 1. The highest BCUT2D eigenvalue weighted by Crippen LogP contribution is 2.23. The fraction of sp³-hybridized carbons (Fsp3) is 0.278. The molecule has 0 bridgehead atoms. The Kier molecular flexibility index (Phi) is 5.27. The minimum absolute atomic E-state index is 0.140. The van der Waals surface area contributed by atoms with Crippen LogP contribution in [0.3, 0.4) is 0 Å². The Labute approximate surface area is 156 Å². The molecule has 7 nitrogen and oxygen atoms in total. The highest BCUT2D eigenvalue weighted by molar-refractivity contribution is 6.30. The van der Waals surface area contributed by atoms with Gasteiger partial charge in [0, 0.05) is 44.1 Å². The summed E-state index contributed by atoms with van der Waals surface area (Å²) in [5.41, 5.74) is 7.07. The molecule has 0 radical (unpaired) electrons. The summed E-state index contributed by atoms with van der Waals surface area (Å²) in [7, 11) is 1.50. The second-order valence-corrected chi connectivity index (χ2v) is 6.34. The number of ether oxygens (including phenoxy) is 1. The molecular formula is C18H19ClN4O3. The van der Waals surface area contributed by atoms with Crippen LogP contribution in [0.2, 0.25) is 5.02 Å². The number of methoxy groups -OCH3 is 1. The van der Waals surface area contributed by atoms with Gasteiger partial charge in [-0.1, -0.05) is 11.6 Å². The molecule has 0 atom stereocenters. The lowest BCUT2D eigenvalue weighted by Gasteiger charge is -2.34. The third-order valence-electron chi connectivity index (χ3n) is 4.26.